The molecule has 0 saturated carbocycles. The summed E-state index contributed by atoms with van der Waals surface area (Å²) < 4.78 is 0. The molecule has 1 fully saturated rings. The van der Waals surface area contributed by atoms with Crippen molar-refractivity contribution < 1.29 is 19.4 Å². The molecule has 1 aliphatic rings. The van der Waals surface area contributed by atoms with Gasteiger partial charge in [0.15, 0.2) is 11.8 Å². The number of fused-ring (bicyclic) bond motifs is 1. The fourth-order valence-electron chi connectivity index (χ4n) is 4.50. The second-order valence-corrected chi connectivity index (χ2v) is 8.57. The first-order chi connectivity index (χ1) is 15.0. The lowest BCUT2D eigenvalue weighted by Gasteiger charge is -2.32. The minimum atomic E-state index is -0.125. The SMILES string of the molecule is CC(=O)c1cccc(NC(=O)[C@H](C)[NH+]2CC[NH+](Cc3cccc4ccccc34)CC2)c1. The third-order valence-corrected chi connectivity index (χ3v) is 6.46. The molecule has 1 aliphatic heterocycles. The van der Waals surface area contributed by atoms with Gasteiger partial charge in [-0.2, -0.15) is 0 Å². The Morgan fingerprint density at radius 3 is 2.42 bits per heavy atom. The molecule has 0 spiro atoms. The molecule has 1 saturated heterocycles. The van der Waals surface area contributed by atoms with Crippen LogP contribution in [0, 0.1) is 0 Å². The molecule has 31 heavy (non-hydrogen) atoms. The number of amides is 1. The molecule has 1 atom stereocenters. The number of Topliss-reactive ketones (excluding diaryl/α,β-unsaturated/α-hetero) is 1. The molecule has 3 N–H and O–H groups in total. The van der Waals surface area contributed by atoms with E-state index < -0.39 is 0 Å². The van der Waals surface area contributed by atoms with Gasteiger partial charge in [0.25, 0.3) is 5.91 Å². The van der Waals surface area contributed by atoms with E-state index in [1.807, 2.05) is 13.0 Å². The van der Waals surface area contributed by atoms with Gasteiger partial charge in [0.1, 0.15) is 32.7 Å². The van der Waals surface area contributed by atoms with Crippen LogP contribution in [0.1, 0.15) is 29.8 Å². The highest BCUT2D eigenvalue weighted by molar-refractivity contribution is 5.98. The van der Waals surface area contributed by atoms with Crippen molar-refractivity contribution in [1.29, 1.82) is 0 Å². The standard InChI is InChI=1S/C26H29N3O2/c1-19(26(31)27-24-11-6-9-22(17-24)20(2)30)29-15-13-28(14-16-29)18-23-10-5-8-21-7-3-4-12-25(21)23/h3-12,17,19H,13-16,18H2,1-2H3,(H,27,31)/p+2/t19-/m0/s1. The Kier molecular flexibility index (Phi) is 6.44. The van der Waals surface area contributed by atoms with Crippen LogP contribution in [0.3, 0.4) is 0 Å². The number of carbonyl (C=O) groups excluding carboxylic acids is 2. The molecule has 4 rings (SSSR count). The molecule has 0 unspecified atom stereocenters. The van der Waals surface area contributed by atoms with Gasteiger partial charge in [0.05, 0.1) is 0 Å². The van der Waals surface area contributed by atoms with Crippen molar-refractivity contribution in [1.82, 2.24) is 0 Å². The lowest BCUT2D eigenvalue weighted by Crippen LogP contribution is -3.29. The van der Waals surface area contributed by atoms with Crippen molar-refractivity contribution in [3.05, 3.63) is 77.9 Å². The molecule has 5 heteroatoms. The van der Waals surface area contributed by atoms with E-state index in [2.05, 4.69) is 47.8 Å². The van der Waals surface area contributed by atoms with Crippen LogP contribution in [-0.4, -0.2) is 43.9 Å². The van der Waals surface area contributed by atoms with Crippen molar-refractivity contribution in [3.8, 4) is 0 Å². The van der Waals surface area contributed by atoms with E-state index in [0.717, 1.165) is 32.7 Å². The Morgan fingerprint density at radius 2 is 1.65 bits per heavy atom. The first-order valence-electron chi connectivity index (χ1n) is 11.1. The third-order valence-electron chi connectivity index (χ3n) is 6.46. The maximum atomic E-state index is 12.8. The molecule has 1 heterocycles. The number of anilines is 1. The largest absolute Gasteiger partial charge is 0.322 e. The lowest BCUT2D eigenvalue weighted by molar-refractivity contribution is -1.02. The summed E-state index contributed by atoms with van der Waals surface area (Å²) in [6.45, 7) is 8.60. The number of nitrogens with one attached hydrogen (secondary N) is 3. The first kappa shape index (κ1) is 21.2. The van der Waals surface area contributed by atoms with Gasteiger partial charge in [-0.3, -0.25) is 9.59 Å². The van der Waals surface area contributed by atoms with E-state index >= 15 is 0 Å². The predicted octanol–water partition coefficient (Wildman–Crippen LogP) is 1.35. The van der Waals surface area contributed by atoms with Crippen LogP contribution in [0.4, 0.5) is 5.69 Å². The minimum absolute atomic E-state index is 0.0000594. The predicted molar refractivity (Wildman–Crippen MR) is 124 cm³/mol. The Morgan fingerprint density at radius 1 is 0.935 bits per heavy atom. The van der Waals surface area contributed by atoms with Crippen LogP contribution in [0.25, 0.3) is 10.8 Å². The van der Waals surface area contributed by atoms with E-state index in [-0.39, 0.29) is 17.7 Å². The number of benzene rings is 3. The van der Waals surface area contributed by atoms with E-state index in [9.17, 15) is 9.59 Å². The summed E-state index contributed by atoms with van der Waals surface area (Å²) in [6, 6.07) is 22.1. The summed E-state index contributed by atoms with van der Waals surface area (Å²) in [5.74, 6) is 0.00766. The zero-order valence-electron chi connectivity index (χ0n) is 18.3. The van der Waals surface area contributed by atoms with Crippen molar-refractivity contribution >= 4 is 28.2 Å². The van der Waals surface area contributed by atoms with Crippen molar-refractivity contribution in [2.75, 3.05) is 31.5 Å². The second-order valence-electron chi connectivity index (χ2n) is 8.57. The van der Waals surface area contributed by atoms with Crippen LogP contribution >= 0.6 is 0 Å². The van der Waals surface area contributed by atoms with Gasteiger partial charge in [-0.15, -0.1) is 0 Å². The van der Waals surface area contributed by atoms with Gasteiger partial charge >= 0.3 is 0 Å². The molecule has 0 bridgehead atoms. The molecule has 160 valence electrons. The number of carbonyl (C=O) groups is 2. The molecule has 3 aromatic rings. The quantitative estimate of drug-likeness (QED) is 0.531. The first-order valence-corrected chi connectivity index (χ1v) is 11.1. The molecule has 5 nitrogen and oxygen atoms in total. The molecule has 1 amide bonds. The zero-order valence-corrected chi connectivity index (χ0v) is 18.3. The summed E-state index contributed by atoms with van der Waals surface area (Å²) in [7, 11) is 0. The molecule has 0 aliphatic carbocycles. The number of piperazine rings is 1. The summed E-state index contributed by atoms with van der Waals surface area (Å²) in [5.41, 5.74) is 2.69. The Bertz CT molecular complexity index is 1080. The van der Waals surface area contributed by atoms with Crippen LogP contribution in [-0.2, 0) is 11.3 Å². The summed E-state index contributed by atoms with van der Waals surface area (Å²) >= 11 is 0. The average molecular weight is 418 g/mol. The van der Waals surface area contributed by atoms with Crippen LogP contribution in [0.15, 0.2) is 66.7 Å². The molecular formula is C26H31N3O2+2. The maximum absolute atomic E-state index is 12.8. The zero-order chi connectivity index (χ0) is 21.8. The fraction of sp³-hybridized carbons (Fsp3) is 0.308. The van der Waals surface area contributed by atoms with Crippen molar-refractivity contribution in [2.24, 2.45) is 0 Å². The summed E-state index contributed by atoms with van der Waals surface area (Å²) in [5, 5.41) is 5.62. The molecule has 3 aromatic carbocycles. The number of rotatable bonds is 6. The normalized spacial score (nSPS) is 19.7. The number of hydrogen-bond donors (Lipinski definition) is 3. The van der Waals surface area contributed by atoms with Gasteiger partial charge in [-0.25, -0.2) is 0 Å². The van der Waals surface area contributed by atoms with Gasteiger partial charge < -0.3 is 15.1 Å². The molecular weight excluding hydrogens is 386 g/mol. The van der Waals surface area contributed by atoms with E-state index in [1.165, 1.54) is 28.2 Å². The highest BCUT2D eigenvalue weighted by Crippen LogP contribution is 2.17. The van der Waals surface area contributed by atoms with E-state index in [0.29, 0.717) is 11.3 Å². The lowest BCUT2D eigenvalue weighted by atomic mass is 10.0. The maximum Gasteiger partial charge on any atom is 0.282 e. The Hall–Kier alpha value is -3.02. The molecule has 0 aromatic heterocycles. The van der Waals surface area contributed by atoms with Gasteiger partial charge in [-0.05, 0) is 36.8 Å². The smallest absolute Gasteiger partial charge is 0.282 e. The third kappa shape index (κ3) is 5.01. The Labute approximate surface area is 183 Å². The summed E-state index contributed by atoms with van der Waals surface area (Å²) in [4.78, 5) is 27.3. The van der Waals surface area contributed by atoms with Crippen molar-refractivity contribution in [2.45, 2.75) is 26.4 Å². The number of quaternary nitrogens is 2. The van der Waals surface area contributed by atoms with E-state index in [4.69, 9.17) is 0 Å². The minimum Gasteiger partial charge on any atom is -0.322 e. The van der Waals surface area contributed by atoms with Crippen LogP contribution < -0.4 is 15.1 Å². The average Bonchev–Trinajstić information content (AvgIpc) is 2.79. The fourth-order valence-corrected chi connectivity index (χ4v) is 4.50. The highest BCUT2D eigenvalue weighted by atomic mass is 16.2. The summed E-state index contributed by atoms with van der Waals surface area (Å²) in [6.07, 6.45) is 0. The Balaban J connectivity index is 1.33. The highest BCUT2D eigenvalue weighted by Gasteiger charge is 2.31. The molecule has 0 radical (unpaired) electrons. The monoisotopic (exact) mass is 417 g/mol. The van der Waals surface area contributed by atoms with Crippen LogP contribution in [0.2, 0.25) is 0 Å². The van der Waals surface area contributed by atoms with Gasteiger partial charge in [0.2, 0.25) is 0 Å². The van der Waals surface area contributed by atoms with E-state index in [1.54, 1.807) is 23.1 Å². The second kappa shape index (κ2) is 9.41. The van der Waals surface area contributed by atoms with Gasteiger partial charge in [0, 0.05) is 16.8 Å². The van der Waals surface area contributed by atoms with Crippen molar-refractivity contribution in [3.63, 3.8) is 0 Å². The van der Waals surface area contributed by atoms with Crippen LogP contribution in [0.5, 0.6) is 0 Å². The number of hydrogen-bond acceptors (Lipinski definition) is 2. The number of ketones is 1. The topological polar surface area (TPSA) is 55.0 Å². The van der Waals surface area contributed by atoms with Gasteiger partial charge in [-0.1, -0.05) is 54.6 Å².